The van der Waals surface area contributed by atoms with Crippen LogP contribution in [0.1, 0.15) is 41.4 Å². The molecule has 0 unspecified atom stereocenters. The van der Waals surface area contributed by atoms with Gasteiger partial charge in [0.2, 0.25) is 0 Å². The zero-order chi connectivity index (χ0) is 21.1. The highest BCUT2D eigenvalue weighted by Gasteiger charge is 2.18. The minimum Gasteiger partial charge on any atom is -0.456 e. The first-order valence-corrected chi connectivity index (χ1v) is 9.88. The Morgan fingerprint density at radius 3 is 2.20 bits per heavy atom. The van der Waals surface area contributed by atoms with Crippen molar-refractivity contribution in [2.75, 3.05) is 0 Å². The van der Waals surface area contributed by atoms with Crippen molar-refractivity contribution in [3.63, 3.8) is 0 Å². The number of carbonyl (C=O) groups is 1. The molecule has 0 spiro atoms. The first kappa shape index (κ1) is 19.6. The van der Waals surface area contributed by atoms with Gasteiger partial charge in [-0.1, -0.05) is 74.5 Å². The quantitative estimate of drug-likeness (QED) is 0.450. The number of benzene rings is 3. The summed E-state index contributed by atoms with van der Waals surface area (Å²) in [4.78, 5) is 25.8. The topological polar surface area (TPSA) is 61.2 Å². The SMILES string of the molecule is CC(C)c1ccc(COC(=O)c2nn(-c3ccccc3)c(=O)c3ccccc23)cc1. The Labute approximate surface area is 174 Å². The summed E-state index contributed by atoms with van der Waals surface area (Å²) in [6.07, 6.45) is 0. The molecule has 0 saturated heterocycles. The molecule has 0 atom stereocenters. The Balaban J connectivity index is 1.68. The van der Waals surface area contributed by atoms with Crippen LogP contribution in [0.5, 0.6) is 0 Å². The number of nitrogens with zero attached hydrogens (tertiary/aromatic N) is 2. The minimum absolute atomic E-state index is 0.118. The van der Waals surface area contributed by atoms with E-state index >= 15 is 0 Å². The van der Waals surface area contributed by atoms with Crippen LogP contribution >= 0.6 is 0 Å². The third-order valence-corrected chi connectivity index (χ3v) is 5.02. The zero-order valence-electron chi connectivity index (χ0n) is 16.9. The van der Waals surface area contributed by atoms with Crippen molar-refractivity contribution in [3.05, 3.63) is 106 Å². The van der Waals surface area contributed by atoms with E-state index in [1.807, 2.05) is 42.5 Å². The summed E-state index contributed by atoms with van der Waals surface area (Å²) in [6.45, 7) is 4.40. The first-order chi connectivity index (χ1) is 14.5. The third kappa shape index (κ3) is 3.87. The summed E-state index contributed by atoms with van der Waals surface area (Å²) in [6, 6.07) is 24.0. The fourth-order valence-electron chi connectivity index (χ4n) is 3.30. The van der Waals surface area contributed by atoms with Gasteiger partial charge < -0.3 is 4.74 Å². The molecular formula is C25H22N2O3. The van der Waals surface area contributed by atoms with E-state index in [0.29, 0.717) is 22.4 Å². The maximum Gasteiger partial charge on any atom is 0.359 e. The smallest absolute Gasteiger partial charge is 0.359 e. The van der Waals surface area contributed by atoms with E-state index in [1.165, 1.54) is 10.2 Å². The van der Waals surface area contributed by atoms with Crippen molar-refractivity contribution in [2.45, 2.75) is 26.4 Å². The van der Waals surface area contributed by atoms with Crippen LogP contribution in [0.25, 0.3) is 16.5 Å². The molecule has 5 nitrogen and oxygen atoms in total. The lowest BCUT2D eigenvalue weighted by Gasteiger charge is -2.11. The van der Waals surface area contributed by atoms with Gasteiger partial charge >= 0.3 is 5.97 Å². The molecule has 0 N–H and O–H groups in total. The number of para-hydroxylation sites is 1. The van der Waals surface area contributed by atoms with E-state index in [4.69, 9.17) is 4.74 Å². The number of rotatable bonds is 5. The molecule has 0 fully saturated rings. The lowest BCUT2D eigenvalue weighted by atomic mass is 10.0. The minimum atomic E-state index is -0.566. The second-order valence-corrected chi connectivity index (χ2v) is 7.42. The average Bonchev–Trinajstić information content (AvgIpc) is 2.79. The van der Waals surface area contributed by atoms with Crippen LogP contribution in [0.15, 0.2) is 83.7 Å². The number of aromatic nitrogens is 2. The molecule has 5 heteroatoms. The molecule has 4 rings (SSSR count). The molecule has 1 aromatic heterocycles. The standard InChI is InChI=1S/C25H22N2O3/c1-17(2)19-14-12-18(13-15-19)16-30-25(29)23-21-10-6-7-11-22(21)24(28)27(26-23)20-8-4-3-5-9-20/h3-15,17H,16H2,1-2H3. The monoisotopic (exact) mass is 398 g/mol. The molecule has 0 bridgehead atoms. The molecule has 0 radical (unpaired) electrons. The van der Waals surface area contributed by atoms with Gasteiger partial charge in [0.25, 0.3) is 5.56 Å². The fraction of sp³-hybridized carbons (Fsp3) is 0.160. The maximum atomic E-state index is 12.9. The molecule has 150 valence electrons. The second-order valence-electron chi connectivity index (χ2n) is 7.42. The van der Waals surface area contributed by atoms with E-state index in [1.54, 1.807) is 36.4 Å². The predicted octanol–water partition coefficient (Wildman–Crippen LogP) is 4.87. The van der Waals surface area contributed by atoms with Crippen LogP contribution in [0.3, 0.4) is 0 Å². The highest BCUT2D eigenvalue weighted by Crippen LogP contribution is 2.18. The number of hydrogen-bond donors (Lipinski definition) is 0. The van der Waals surface area contributed by atoms with Crippen LogP contribution < -0.4 is 5.56 Å². The molecule has 1 heterocycles. The van der Waals surface area contributed by atoms with Crippen LogP contribution in [-0.2, 0) is 11.3 Å². The van der Waals surface area contributed by atoms with Crippen LogP contribution in [0.4, 0.5) is 0 Å². The summed E-state index contributed by atoms with van der Waals surface area (Å²) < 4.78 is 6.78. The Morgan fingerprint density at radius 2 is 1.53 bits per heavy atom. The third-order valence-electron chi connectivity index (χ3n) is 5.02. The Kier molecular flexibility index (Phi) is 5.44. The molecule has 3 aromatic carbocycles. The summed E-state index contributed by atoms with van der Waals surface area (Å²) in [5.74, 6) is -0.125. The van der Waals surface area contributed by atoms with Crippen molar-refractivity contribution < 1.29 is 9.53 Å². The number of carbonyl (C=O) groups excluding carboxylic acids is 1. The van der Waals surface area contributed by atoms with Gasteiger partial charge in [-0.2, -0.15) is 9.78 Å². The van der Waals surface area contributed by atoms with Crippen molar-refractivity contribution in [2.24, 2.45) is 0 Å². The van der Waals surface area contributed by atoms with E-state index in [0.717, 1.165) is 5.56 Å². The van der Waals surface area contributed by atoms with Gasteiger partial charge in [-0.25, -0.2) is 4.79 Å². The molecule has 0 aliphatic rings. The van der Waals surface area contributed by atoms with Gasteiger partial charge in [-0.05, 0) is 35.2 Å². The van der Waals surface area contributed by atoms with E-state index in [2.05, 4.69) is 18.9 Å². The Bertz CT molecular complexity index is 1240. The molecule has 30 heavy (non-hydrogen) atoms. The lowest BCUT2D eigenvalue weighted by Crippen LogP contribution is -2.25. The predicted molar refractivity (Wildman–Crippen MR) is 117 cm³/mol. The van der Waals surface area contributed by atoms with E-state index in [-0.39, 0.29) is 17.9 Å². The summed E-state index contributed by atoms with van der Waals surface area (Å²) in [7, 11) is 0. The van der Waals surface area contributed by atoms with Crippen LogP contribution in [-0.4, -0.2) is 15.7 Å². The van der Waals surface area contributed by atoms with Crippen LogP contribution in [0.2, 0.25) is 0 Å². The molecule has 4 aromatic rings. The number of fused-ring (bicyclic) bond motifs is 1. The van der Waals surface area contributed by atoms with E-state index in [9.17, 15) is 9.59 Å². The zero-order valence-corrected chi connectivity index (χ0v) is 16.9. The van der Waals surface area contributed by atoms with Gasteiger partial charge in [0.15, 0.2) is 5.69 Å². The summed E-state index contributed by atoms with van der Waals surface area (Å²) in [5.41, 5.74) is 2.55. The van der Waals surface area contributed by atoms with Crippen molar-refractivity contribution in [1.82, 2.24) is 9.78 Å². The second kappa shape index (κ2) is 8.33. The maximum absolute atomic E-state index is 12.9. The molecule has 0 aliphatic carbocycles. The Morgan fingerprint density at radius 1 is 0.900 bits per heavy atom. The normalized spacial score (nSPS) is 11.0. The average molecular weight is 398 g/mol. The number of hydrogen-bond acceptors (Lipinski definition) is 4. The molecule has 0 aliphatic heterocycles. The van der Waals surface area contributed by atoms with Gasteiger partial charge in [0, 0.05) is 5.39 Å². The highest BCUT2D eigenvalue weighted by atomic mass is 16.5. The van der Waals surface area contributed by atoms with Crippen molar-refractivity contribution in [3.8, 4) is 5.69 Å². The lowest BCUT2D eigenvalue weighted by molar-refractivity contribution is 0.0466. The summed E-state index contributed by atoms with van der Waals surface area (Å²) in [5, 5.41) is 5.25. The van der Waals surface area contributed by atoms with Crippen molar-refractivity contribution in [1.29, 1.82) is 0 Å². The van der Waals surface area contributed by atoms with Gasteiger partial charge in [0.05, 0.1) is 11.1 Å². The van der Waals surface area contributed by atoms with Crippen LogP contribution in [0, 0.1) is 0 Å². The molecule has 0 amide bonds. The van der Waals surface area contributed by atoms with Gasteiger partial charge in [0.1, 0.15) is 6.61 Å². The number of ether oxygens (including phenoxy) is 1. The number of esters is 1. The molecular weight excluding hydrogens is 376 g/mol. The fourth-order valence-corrected chi connectivity index (χ4v) is 3.30. The largest absolute Gasteiger partial charge is 0.456 e. The van der Waals surface area contributed by atoms with Crippen molar-refractivity contribution >= 4 is 16.7 Å². The van der Waals surface area contributed by atoms with Gasteiger partial charge in [-0.15, -0.1) is 0 Å². The highest BCUT2D eigenvalue weighted by molar-refractivity contribution is 6.02. The summed E-state index contributed by atoms with van der Waals surface area (Å²) >= 11 is 0. The van der Waals surface area contributed by atoms with Gasteiger partial charge in [-0.3, -0.25) is 4.79 Å². The molecule has 0 saturated carbocycles. The first-order valence-electron chi connectivity index (χ1n) is 9.88. The Hall–Kier alpha value is -3.73. The van der Waals surface area contributed by atoms with E-state index < -0.39 is 5.97 Å².